The first-order chi connectivity index (χ1) is 20.1. The van der Waals surface area contributed by atoms with Crippen molar-refractivity contribution in [3.05, 3.63) is 89.0 Å². The maximum atomic E-state index is 13.6. The molecule has 3 aromatic heterocycles. The van der Waals surface area contributed by atoms with Gasteiger partial charge in [-0.1, -0.05) is 11.6 Å². The van der Waals surface area contributed by atoms with E-state index in [2.05, 4.69) is 25.8 Å². The average molecular weight is 600 g/mol. The molecule has 0 aliphatic heterocycles. The number of aliphatic hydroxyl groups is 1. The lowest BCUT2D eigenvalue weighted by molar-refractivity contribution is -0.897. The van der Waals surface area contributed by atoms with Crippen molar-refractivity contribution in [1.29, 1.82) is 0 Å². The average Bonchev–Trinajstić information content (AvgIpc) is 3.38. The predicted molar refractivity (Wildman–Crippen MR) is 148 cm³/mol. The topological polar surface area (TPSA) is 136 Å². The smallest absolute Gasteiger partial charge is 0.325 e. The molecule has 216 valence electrons. The number of amides is 1. The molecular formula is C28H23ClF3N6O4+. The quantitative estimate of drug-likeness (QED) is 0.108. The molecule has 1 atom stereocenters. The van der Waals surface area contributed by atoms with Crippen molar-refractivity contribution in [2.75, 3.05) is 17.2 Å². The molecule has 3 heterocycles. The summed E-state index contributed by atoms with van der Waals surface area (Å²) in [5.41, 5.74) is -0.303. The van der Waals surface area contributed by atoms with Crippen molar-refractivity contribution in [1.82, 2.24) is 15.2 Å². The lowest BCUT2D eigenvalue weighted by Crippen LogP contribution is -2.42. The van der Waals surface area contributed by atoms with Crippen LogP contribution in [0.15, 0.2) is 66.9 Å². The van der Waals surface area contributed by atoms with Crippen molar-refractivity contribution in [2.24, 2.45) is 0 Å². The van der Waals surface area contributed by atoms with Crippen molar-refractivity contribution in [3.8, 4) is 22.8 Å². The van der Waals surface area contributed by atoms with Crippen LogP contribution in [0, 0.1) is 5.82 Å². The van der Waals surface area contributed by atoms with E-state index in [1.165, 1.54) is 36.5 Å². The van der Waals surface area contributed by atoms with E-state index in [-0.39, 0.29) is 40.4 Å². The third-order valence-corrected chi connectivity index (χ3v) is 6.47. The van der Waals surface area contributed by atoms with E-state index in [1.807, 2.05) is 0 Å². The molecule has 0 spiro atoms. The summed E-state index contributed by atoms with van der Waals surface area (Å²) in [7, 11) is 0. The Balaban J connectivity index is 1.41. The molecule has 14 heteroatoms. The lowest BCUT2D eigenvalue weighted by atomic mass is 10.1. The van der Waals surface area contributed by atoms with E-state index in [0.717, 1.165) is 24.3 Å². The molecule has 1 amide bonds. The van der Waals surface area contributed by atoms with Crippen molar-refractivity contribution in [2.45, 2.75) is 19.4 Å². The second-order valence-electron chi connectivity index (χ2n) is 9.21. The van der Waals surface area contributed by atoms with E-state index in [4.69, 9.17) is 16.3 Å². The van der Waals surface area contributed by atoms with Gasteiger partial charge in [-0.15, -0.1) is 0 Å². The molecule has 10 nitrogen and oxygen atoms in total. The number of carbonyl (C=O) groups is 1. The van der Waals surface area contributed by atoms with Gasteiger partial charge in [-0.25, -0.2) is 18.2 Å². The molecule has 0 unspecified atom stereocenters. The zero-order valence-corrected chi connectivity index (χ0v) is 22.5. The zero-order valence-electron chi connectivity index (χ0n) is 21.8. The molecule has 0 fully saturated rings. The molecule has 0 aliphatic carbocycles. The number of nitrogens with zero attached hydrogens (tertiary/aromatic N) is 3. The number of benzene rings is 2. The van der Waals surface area contributed by atoms with Gasteiger partial charge in [0.05, 0.1) is 17.2 Å². The second kappa shape index (κ2) is 11.9. The summed E-state index contributed by atoms with van der Waals surface area (Å²) in [6.07, 6.45) is -1.43. The van der Waals surface area contributed by atoms with Crippen molar-refractivity contribution >= 4 is 40.0 Å². The van der Waals surface area contributed by atoms with E-state index in [9.17, 15) is 28.3 Å². The highest BCUT2D eigenvalue weighted by molar-refractivity contribution is 6.32. The van der Waals surface area contributed by atoms with Crippen LogP contribution in [0.4, 0.5) is 24.7 Å². The minimum Gasteiger partial charge on any atom is -0.455 e. The van der Waals surface area contributed by atoms with Crippen LogP contribution in [0.3, 0.4) is 0 Å². The molecule has 5 N–H and O–H groups in total. The molecule has 0 saturated heterocycles. The maximum Gasteiger partial charge on any atom is 0.325 e. The summed E-state index contributed by atoms with van der Waals surface area (Å²) in [5, 5.41) is 33.3. The number of rotatable bonds is 9. The number of fused-ring (bicyclic) bond motifs is 1. The van der Waals surface area contributed by atoms with E-state index in [1.54, 1.807) is 13.0 Å². The third-order valence-electron chi connectivity index (χ3n) is 6.18. The minimum atomic E-state index is -2.94. The Labute approximate surface area is 241 Å². The Bertz CT molecular complexity index is 1770. The summed E-state index contributed by atoms with van der Waals surface area (Å²) in [6.45, 7) is 1.65. The number of ether oxygens (including phenoxy) is 1. The van der Waals surface area contributed by atoms with E-state index < -0.39 is 29.4 Å². The number of aromatic nitrogens is 4. The monoisotopic (exact) mass is 599 g/mol. The number of hydrogen-bond acceptors (Lipinski definition) is 7. The molecule has 0 bridgehead atoms. The van der Waals surface area contributed by atoms with Crippen LogP contribution in [0.1, 0.15) is 29.4 Å². The predicted octanol–water partition coefficient (Wildman–Crippen LogP) is 5.72. The summed E-state index contributed by atoms with van der Waals surface area (Å²) in [4.78, 5) is 17.3. The Hall–Kier alpha value is -4.88. The van der Waals surface area contributed by atoms with Crippen molar-refractivity contribution in [3.63, 3.8) is 0 Å². The van der Waals surface area contributed by atoms with Gasteiger partial charge in [0.25, 0.3) is 12.1 Å². The Morgan fingerprint density at radius 3 is 2.57 bits per heavy atom. The fourth-order valence-corrected chi connectivity index (χ4v) is 4.31. The number of hydrogen-bond donors (Lipinski definition) is 5. The molecule has 0 saturated carbocycles. The normalized spacial score (nSPS) is 12.0. The number of nitrogens with one attached hydrogen (secondary N) is 3. The van der Waals surface area contributed by atoms with E-state index >= 15 is 0 Å². The number of halogens is 4. The Morgan fingerprint density at radius 1 is 1.12 bits per heavy atom. The van der Waals surface area contributed by atoms with Gasteiger partial charge in [0.1, 0.15) is 22.7 Å². The molecule has 5 aromatic rings. The molecule has 42 heavy (non-hydrogen) atoms. The largest absolute Gasteiger partial charge is 0.455 e. The van der Waals surface area contributed by atoms with Crippen LogP contribution in [0.2, 0.25) is 5.02 Å². The number of carbonyl (C=O) groups excluding carboxylic acids is 1. The van der Waals surface area contributed by atoms with Crippen LogP contribution >= 0.6 is 11.6 Å². The van der Waals surface area contributed by atoms with Crippen LogP contribution in [-0.4, -0.2) is 44.1 Å². The van der Waals surface area contributed by atoms with Gasteiger partial charge in [0.2, 0.25) is 0 Å². The molecule has 0 aliphatic rings. The Kier molecular flexibility index (Phi) is 8.13. The van der Waals surface area contributed by atoms with Crippen molar-refractivity contribution < 1.29 is 37.7 Å². The first kappa shape index (κ1) is 28.6. The maximum absolute atomic E-state index is 13.6. The van der Waals surface area contributed by atoms with Crippen LogP contribution in [0.5, 0.6) is 11.5 Å². The van der Waals surface area contributed by atoms with E-state index in [0.29, 0.717) is 27.3 Å². The number of aromatic amines is 1. The second-order valence-corrected chi connectivity index (χ2v) is 9.62. The Morgan fingerprint density at radius 2 is 1.88 bits per heavy atom. The lowest BCUT2D eigenvalue weighted by Gasteiger charge is -2.13. The van der Waals surface area contributed by atoms with Crippen LogP contribution in [-0.2, 0) is 0 Å². The summed E-state index contributed by atoms with van der Waals surface area (Å²) < 4.78 is 47.1. The van der Waals surface area contributed by atoms with Gasteiger partial charge in [0.15, 0.2) is 11.5 Å². The van der Waals surface area contributed by atoms with Gasteiger partial charge in [0, 0.05) is 46.4 Å². The van der Waals surface area contributed by atoms with Gasteiger partial charge < -0.3 is 20.5 Å². The van der Waals surface area contributed by atoms with Gasteiger partial charge >= 0.3 is 11.6 Å². The SMILES string of the molecule is C[C@H](CO)Nc1n[nH]c2nccc(Oc3ccc(NC(=O)c4cc(C(F)F)cc(-c5ccc(F)cc5)[n+]4O)cc3Cl)c12. The fourth-order valence-electron chi connectivity index (χ4n) is 4.09. The van der Waals surface area contributed by atoms with Gasteiger partial charge in [-0.05, 0) is 49.4 Å². The molecule has 5 rings (SSSR count). The highest BCUT2D eigenvalue weighted by Crippen LogP contribution is 2.37. The zero-order chi connectivity index (χ0) is 30.0. The number of pyridine rings is 2. The summed E-state index contributed by atoms with van der Waals surface area (Å²) in [6, 6.07) is 12.3. The molecular weight excluding hydrogens is 577 g/mol. The van der Waals surface area contributed by atoms with Gasteiger partial charge in [-0.3, -0.25) is 15.1 Å². The first-order valence-corrected chi connectivity index (χ1v) is 12.8. The highest BCUT2D eigenvalue weighted by Gasteiger charge is 2.29. The molecule has 2 aromatic carbocycles. The van der Waals surface area contributed by atoms with Crippen LogP contribution in [0.25, 0.3) is 22.3 Å². The van der Waals surface area contributed by atoms with Crippen LogP contribution < -0.4 is 20.1 Å². The number of alkyl halides is 2. The number of anilines is 2. The van der Waals surface area contributed by atoms with Gasteiger partial charge in [-0.2, -0.15) is 5.10 Å². The molecule has 0 radical (unpaired) electrons. The third kappa shape index (κ3) is 5.92. The number of aliphatic hydroxyl groups excluding tert-OH is 1. The fraction of sp³-hybridized carbons (Fsp3) is 0.143. The first-order valence-electron chi connectivity index (χ1n) is 12.5. The highest BCUT2D eigenvalue weighted by atomic mass is 35.5. The summed E-state index contributed by atoms with van der Waals surface area (Å²) >= 11 is 6.45. The minimum absolute atomic E-state index is 0.102. The number of H-pyrrole nitrogens is 1. The summed E-state index contributed by atoms with van der Waals surface area (Å²) in [5.74, 6) is -0.463. The standard InChI is InChI=1S/C28H22ClF3N6O4/c1-14(13-39)34-27-24-23(8-9-33-26(24)36-37-27)42-22-7-6-18(12-19(22)29)35-28(40)21-11-16(25(31)32)10-20(38(21)41)15-2-4-17(30)5-3-15/h2-12,14,25,35,39-41H,13H2,1H3/p+1/t14-/m1/s1.